The third kappa shape index (κ3) is 6.15. The first-order valence-electron chi connectivity index (χ1n) is 12.7. The van der Waals surface area contributed by atoms with E-state index in [9.17, 15) is 27.5 Å². The molecule has 1 heterocycles. The van der Waals surface area contributed by atoms with Crippen molar-refractivity contribution in [2.75, 3.05) is 7.11 Å². The molecule has 10 heteroatoms. The van der Waals surface area contributed by atoms with Crippen LogP contribution in [0.3, 0.4) is 0 Å². The zero-order valence-corrected chi connectivity index (χ0v) is 21.9. The largest absolute Gasteiger partial charge is 0.497 e. The minimum Gasteiger partial charge on any atom is -0.497 e. The Morgan fingerprint density at radius 2 is 1.90 bits per heavy atom. The van der Waals surface area contributed by atoms with Crippen molar-refractivity contribution in [3.05, 3.63) is 71.4 Å². The number of alkyl halides is 3. The minimum atomic E-state index is -4.64. The summed E-state index contributed by atoms with van der Waals surface area (Å²) in [4.78, 5) is 20.0. The van der Waals surface area contributed by atoms with Crippen LogP contribution in [0.5, 0.6) is 11.5 Å². The summed E-state index contributed by atoms with van der Waals surface area (Å²) in [6.45, 7) is 2.74. The molecule has 2 atom stereocenters. The van der Waals surface area contributed by atoms with E-state index in [1.54, 1.807) is 18.2 Å². The van der Waals surface area contributed by atoms with Crippen LogP contribution in [0, 0.1) is 11.7 Å². The number of rotatable bonds is 11. The molecule has 1 saturated carbocycles. The lowest BCUT2D eigenvalue weighted by molar-refractivity contribution is -0.147. The van der Waals surface area contributed by atoms with Crippen LogP contribution in [0.4, 0.5) is 17.6 Å². The predicted molar refractivity (Wildman–Crippen MR) is 136 cm³/mol. The standard InChI is InChI=1S/C29H30F4N2O4/c1-4-28(14-25(36)37,18-8-9-18)19-6-5-7-22(12-19)39-16-20-15-34-27(26(35-20)17(2)29(31,32)33)23-13-21(38-3)10-11-24(23)30/h5-7,10-13,15,17-18H,4,8-9,14,16H2,1-3H3,(H,36,37)/t17?,28-/m0/s1. The normalized spacial score (nSPS) is 15.9. The van der Waals surface area contributed by atoms with Gasteiger partial charge in [-0.1, -0.05) is 19.1 Å². The highest BCUT2D eigenvalue weighted by atomic mass is 19.4. The van der Waals surface area contributed by atoms with Crippen molar-refractivity contribution in [1.29, 1.82) is 0 Å². The molecule has 208 valence electrons. The number of carboxylic acids is 1. The van der Waals surface area contributed by atoms with E-state index in [2.05, 4.69) is 9.97 Å². The van der Waals surface area contributed by atoms with Gasteiger partial charge < -0.3 is 14.6 Å². The molecule has 1 unspecified atom stereocenters. The first-order chi connectivity index (χ1) is 18.5. The van der Waals surface area contributed by atoms with E-state index in [4.69, 9.17) is 9.47 Å². The van der Waals surface area contributed by atoms with Crippen LogP contribution in [-0.4, -0.2) is 34.3 Å². The van der Waals surface area contributed by atoms with E-state index in [-0.39, 0.29) is 41.6 Å². The van der Waals surface area contributed by atoms with Crippen LogP contribution >= 0.6 is 0 Å². The highest BCUT2D eigenvalue weighted by Gasteiger charge is 2.46. The van der Waals surface area contributed by atoms with Gasteiger partial charge in [0.1, 0.15) is 23.9 Å². The van der Waals surface area contributed by atoms with Crippen molar-refractivity contribution < 1.29 is 36.9 Å². The average Bonchev–Trinajstić information content (AvgIpc) is 3.76. The van der Waals surface area contributed by atoms with Crippen molar-refractivity contribution in [3.8, 4) is 22.8 Å². The van der Waals surface area contributed by atoms with Crippen molar-refractivity contribution in [2.45, 2.75) is 63.6 Å². The summed E-state index contributed by atoms with van der Waals surface area (Å²) in [5.74, 6) is -2.67. The third-order valence-electron chi connectivity index (χ3n) is 7.43. The monoisotopic (exact) mass is 546 g/mol. The lowest BCUT2D eigenvalue weighted by Gasteiger charge is -2.32. The maximum absolute atomic E-state index is 14.6. The number of hydrogen-bond acceptors (Lipinski definition) is 5. The van der Waals surface area contributed by atoms with E-state index < -0.39 is 35.0 Å². The number of benzene rings is 2. The molecule has 0 aliphatic heterocycles. The summed E-state index contributed by atoms with van der Waals surface area (Å²) in [7, 11) is 1.37. The van der Waals surface area contributed by atoms with Crippen molar-refractivity contribution in [2.24, 2.45) is 5.92 Å². The minimum absolute atomic E-state index is 0.00405. The Kier molecular flexibility index (Phi) is 8.13. The second-order valence-corrected chi connectivity index (χ2v) is 9.88. The van der Waals surface area contributed by atoms with Gasteiger partial charge in [0.15, 0.2) is 0 Å². The zero-order valence-electron chi connectivity index (χ0n) is 21.9. The Balaban J connectivity index is 1.64. The lowest BCUT2D eigenvalue weighted by atomic mass is 9.71. The van der Waals surface area contributed by atoms with Crippen LogP contribution < -0.4 is 9.47 Å². The molecular weight excluding hydrogens is 516 g/mol. The molecule has 1 aliphatic carbocycles. The number of ether oxygens (including phenoxy) is 2. The number of nitrogens with zero attached hydrogens (tertiary/aromatic N) is 2. The predicted octanol–water partition coefficient (Wildman–Crippen LogP) is 7.07. The molecule has 3 aromatic rings. The Morgan fingerprint density at radius 1 is 1.15 bits per heavy atom. The molecule has 0 saturated heterocycles. The molecule has 1 aliphatic rings. The van der Waals surface area contributed by atoms with Gasteiger partial charge in [0.25, 0.3) is 0 Å². The summed E-state index contributed by atoms with van der Waals surface area (Å²) < 4.78 is 66.9. The lowest BCUT2D eigenvalue weighted by Crippen LogP contribution is -2.31. The maximum Gasteiger partial charge on any atom is 0.397 e. The average molecular weight is 547 g/mol. The van der Waals surface area contributed by atoms with E-state index >= 15 is 0 Å². The fourth-order valence-electron chi connectivity index (χ4n) is 5.05. The molecule has 4 rings (SSSR count). The van der Waals surface area contributed by atoms with Crippen LogP contribution in [0.25, 0.3) is 11.3 Å². The first-order valence-corrected chi connectivity index (χ1v) is 12.7. The zero-order chi connectivity index (χ0) is 28.4. The van der Waals surface area contributed by atoms with E-state index in [0.29, 0.717) is 12.2 Å². The first kappa shape index (κ1) is 28.3. The number of carboxylic acid groups (broad SMARTS) is 1. The van der Waals surface area contributed by atoms with Gasteiger partial charge in [-0.05, 0) is 68.0 Å². The highest BCUT2D eigenvalue weighted by molar-refractivity contribution is 5.69. The molecule has 2 aromatic carbocycles. The van der Waals surface area contributed by atoms with Crippen LogP contribution in [0.2, 0.25) is 0 Å². The fraction of sp³-hybridized carbons (Fsp3) is 0.414. The fourth-order valence-corrected chi connectivity index (χ4v) is 5.05. The summed E-state index contributed by atoms with van der Waals surface area (Å²) in [6.07, 6.45) is -0.799. The number of carbonyl (C=O) groups is 1. The van der Waals surface area contributed by atoms with Gasteiger partial charge in [-0.3, -0.25) is 9.78 Å². The molecule has 1 N–H and O–H groups in total. The Bertz CT molecular complexity index is 1340. The SMILES string of the molecule is CC[C@@](CC(=O)O)(c1cccc(OCc2cnc(-c3cc(OC)ccc3F)c(C(C)C(F)(F)F)n2)c1)C1CC1. The molecule has 1 aromatic heterocycles. The molecule has 1 fully saturated rings. The maximum atomic E-state index is 14.6. The van der Waals surface area contributed by atoms with Gasteiger partial charge in [-0.15, -0.1) is 0 Å². The summed E-state index contributed by atoms with van der Waals surface area (Å²) >= 11 is 0. The van der Waals surface area contributed by atoms with Crippen LogP contribution in [0.15, 0.2) is 48.7 Å². The van der Waals surface area contributed by atoms with Crippen molar-refractivity contribution in [3.63, 3.8) is 0 Å². The second-order valence-electron chi connectivity index (χ2n) is 9.88. The highest BCUT2D eigenvalue weighted by Crippen LogP contribution is 2.52. The molecule has 6 nitrogen and oxygen atoms in total. The van der Waals surface area contributed by atoms with E-state index in [0.717, 1.165) is 31.4 Å². The van der Waals surface area contributed by atoms with Gasteiger partial charge in [0.2, 0.25) is 0 Å². The van der Waals surface area contributed by atoms with Crippen molar-refractivity contribution >= 4 is 5.97 Å². The topological polar surface area (TPSA) is 81.5 Å². The van der Waals surface area contributed by atoms with E-state index in [1.807, 2.05) is 13.0 Å². The third-order valence-corrected chi connectivity index (χ3v) is 7.43. The van der Waals surface area contributed by atoms with Gasteiger partial charge in [0, 0.05) is 11.0 Å². The summed E-state index contributed by atoms with van der Waals surface area (Å²) in [5, 5.41) is 9.56. The molecule has 0 radical (unpaired) electrons. The molecule has 0 spiro atoms. The Hall–Kier alpha value is -3.69. The number of aromatic nitrogens is 2. The number of halogens is 4. The smallest absolute Gasteiger partial charge is 0.397 e. The summed E-state index contributed by atoms with van der Waals surface area (Å²) in [6, 6.07) is 10.9. The van der Waals surface area contributed by atoms with Gasteiger partial charge in [-0.2, -0.15) is 13.2 Å². The van der Waals surface area contributed by atoms with Gasteiger partial charge in [-0.25, -0.2) is 9.37 Å². The number of hydrogen-bond donors (Lipinski definition) is 1. The Labute approximate surface area is 224 Å². The molecule has 0 amide bonds. The van der Waals surface area contributed by atoms with Crippen molar-refractivity contribution in [1.82, 2.24) is 9.97 Å². The quantitative estimate of drug-likeness (QED) is 0.259. The van der Waals surface area contributed by atoms with Gasteiger partial charge in [0.05, 0.1) is 42.7 Å². The van der Waals surface area contributed by atoms with Crippen LogP contribution in [-0.2, 0) is 16.8 Å². The molecular formula is C29H30F4N2O4. The van der Waals surface area contributed by atoms with Crippen LogP contribution in [0.1, 0.15) is 62.4 Å². The van der Waals surface area contributed by atoms with E-state index in [1.165, 1.54) is 25.4 Å². The second kappa shape index (κ2) is 11.2. The molecule has 39 heavy (non-hydrogen) atoms. The number of aliphatic carboxylic acids is 1. The Morgan fingerprint density at radius 3 is 2.51 bits per heavy atom. The molecule has 0 bridgehead atoms. The van der Waals surface area contributed by atoms with Gasteiger partial charge >= 0.3 is 12.1 Å². The summed E-state index contributed by atoms with van der Waals surface area (Å²) in [5.41, 5.74) is -0.329. The number of methoxy groups -OCH3 is 1.